The standard InChI is InChI=1S/C16H19NO4/c1-11(2)15(18)21-13-8-14(17-9-13)16(19)20-10-12-6-4-3-5-7-12/h3-7,13-14,17H,1,8-10H2,2H3/t13-,14+/m1/s1. The van der Waals surface area contributed by atoms with Gasteiger partial charge in [0.2, 0.25) is 0 Å². The van der Waals surface area contributed by atoms with Crippen molar-refractivity contribution in [1.29, 1.82) is 0 Å². The van der Waals surface area contributed by atoms with Crippen LogP contribution in [0.2, 0.25) is 0 Å². The molecule has 2 atom stereocenters. The fraction of sp³-hybridized carbons (Fsp3) is 0.375. The molecule has 1 saturated heterocycles. The lowest BCUT2D eigenvalue weighted by atomic mass is 10.2. The Balaban J connectivity index is 1.77. The highest BCUT2D eigenvalue weighted by molar-refractivity contribution is 5.87. The molecule has 0 amide bonds. The number of hydrogen-bond donors (Lipinski definition) is 1. The molecule has 0 saturated carbocycles. The number of nitrogens with one attached hydrogen (secondary N) is 1. The maximum Gasteiger partial charge on any atom is 0.333 e. The molecule has 112 valence electrons. The molecule has 1 fully saturated rings. The minimum atomic E-state index is -0.434. The van der Waals surface area contributed by atoms with E-state index in [1.807, 2.05) is 30.3 Å². The van der Waals surface area contributed by atoms with Gasteiger partial charge < -0.3 is 14.8 Å². The molecule has 0 spiro atoms. The number of benzene rings is 1. The monoisotopic (exact) mass is 289 g/mol. The third-order valence-corrected chi connectivity index (χ3v) is 3.22. The molecule has 1 aromatic carbocycles. The summed E-state index contributed by atoms with van der Waals surface area (Å²) in [5.74, 6) is -0.757. The summed E-state index contributed by atoms with van der Waals surface area (Å²) in [6.45, 7) is 5.81. The fourth-order valence-corrected chi connectivity index (χ4v) is 2.05. The number of esters is 2. The summed E-state index contributed by atoms with van der Waals surface area (Å²) < 4.78 is 10.5. The smallest absolute Gasteiger partial charge is 0.333 e. The Bertz CT molecular complexity index is 526. The zero-order valence-electron chi connectivity index (χ0n) is 12.0. The Morgan fingerprint density at radius 2 is 2.05 bits per heavy atom. The highest BCUT2D eigenvalue weighted by atomic mass is 16.5. The van der Waals surface area contributed by atoms with Gasteiger partial charge in [-0.15, -0.1) is 0 Å². The van der Waals surface area contributed by atoms with Crippen LogP contribution in [0.3, 0.4) is 0 Å². The average molecular weight is 289 g/mol. The molecule has 0 aromatic heterocycles. The summed E-state index contributed by atoms with van der Waals surface area (Å²) in [7, 11) is 0. The van der Waals surface area contributed by atoms with Gasteiger partial charge in [0, 0.05) is 18.5 Å². The highest BCUT2D eigenvalue weighted by Gasteiger charge is 2.32. The van der Waals surface area contributed by atoms with Crippen molar-refractivity contribution in [2.75, 3.05) is 6.54 Å². The zero-order valence-corrected chi connectivity index (χ0v) is 12.0. The summed E-state index contributed by atoms with van der Waals surface area (Å²) in [5, 5.41) is 3.01. The second-order valence-corrected chi connectivity index (χ2v) is 5.10. The van der Waals surface area contributed by atoms with E-state index in [0.717, 1.165) is 5.56 Å². The van der Waals surface area contributed by atoms with E-state index < -0.39 is 12.0 Å². The fourth-order valence-electron chi connectivity index (χ4n) is 2.05. The van der Waals surface area contributed by atoms with E-state index in [9.17, 15) is 9.59 Å². The van der Waals surface area contributed by atoms with E-state index in [1.165, 1.54) is 0 Å². The summed E-state index contributed by atoms with van der Waals surface area (Å²) in [6, 6.07) is 9.05. The number of carbonyl (C=O) groups excluding carboxylic acids is 2. The second kappa shape index (κ2) is 7.04. The third kappa shape index (κ3) is 4.43. The second-order valence-electron chi connectivity index (χ2n) is 5.10. The molecule has 0 unspecified atom stereocenters. The maximum atomic E-state index is 11.9. The Hall–Kier alpha value is -2.14. The van der Waals surface area contributed by atoms with Gasteiger partial charge in [0.25, 0.3) is 0 Å². The van der Waals surface area contributed by atoms with Crippen LogP contribution in [0.5, 0.6) is 0 Å². The van der Waals surface area contributed by atoms with Gasteiger partial charge in [-0.3, -0.25) is 4.79 Å². The first kappa shape index (κ1) is 15.3. The molecule has 1 aliphatic heterocycles. The zero-order chi connectivity index (χ0) is 15.2. The average Bonchev–Trinajstić information content (AvgIpc) is 2.94. The summed E-state index contributed by atoms with van der Waals surface area (Å²) >= 11 is 0. The van der Waals surface area contributed by atoms with Crippen molar-refractivity contribution >= 4 is 11.9 Å². The third-order valence-electron chi connectivity index (χ3n) is 3.22. The molecule has 21 heavy (non-hydrogen) atoms. The topological polar surface area (TPSA) is 64.6 Å². The lowest BCUT2D eigenvalue weighted by molar-refractivity contribution is -0.149. The Kier molecular flexibility index (Phi) is 5.11. The van der Waals surface area contributed by atoms with E-state index in [-0.39, 0.29) is 18.7 Å². The van der Waals surface area contributed by atoms with Gasteiger partial charge in [-0.05, 0) is 12.5 Å². The van der Waals surface area contributed by atoms with Crippen molar-refractivity contribution in [2.45, 2.75) is 32.1 Å². The molecule has 1 N–H and O–H groups in total. The van der Waals surface area contributed by atoms with E-state index in [0.29, 0.717) is 18.5 Å². The van der Waals surface area contributed by atoms with Gasteiger partial charge in [0.05, 0.1) is 0 Å². The molecule has 5 heteroatoms. The molecular weight excluding hydrogens is 270 g/mol. The van der Waals surface area contributed by atoms with Crippen LogP contribution in [-0.4, -0.2) is 30.6 Å². The van der Waals surface area contributed by atoms with Gasteiger partial charge in [-0.1, -0.05) is 36.9 Å². The largest absolute Gasteiger partial charge is 0.460 e. The lowest BCUT2D eigenvalue weighted by Crippen LogP contribution is -2.32. The first-order chi connectivity index (χ1) is 10.1. The normalized spacial score (nSPS) is 20.8. The van der Waals surface area contributed by atoms with E-state index >= 15 is 0 Å². The van der Waals surface area contributed by atoms with E-state index in [4.69, 9.17) is 9.47 Å². The van der Waals surface area contributed by atoms with Gasteiger partial charge in [0.15, 0.2) is 0 Å². The summed E-state index contributed by atoms with van der Waals surface area (Å²) in [4.78, 5) is 23.4. The Morgan fingerprint density at radius 1 is 1.33 bits per heavy atom. The van der Waals surface area contributed by atoms with Crippen LogP contribution in [0.25, 0.3) is 0 Å². The van der Waals surface area contributed by atoms with Crippen molar-refractivity contribution in [1.82, 2.24) is 5.32 Å². The van der Waals surface area contributed by atoms with Crippen molar-refractivity contribution in [2.24, 2.45) is 0 Å². The molecule has 1 aromatic rings. The SMILES string of the molecule is C=C(C)C(=O)O[C@H]1CN[C@H](C(=O)OCc2ccccc2)C1. The Morgan fingerprint density at radius 3 is 2.71 bits per heavy atom. The first-order valence-electron chi connectivity index (χ1n) is 6.86. The molecule has 0 aliphatic carbocycles. The molecule has 5 nitrogen and oxygen atoms in total. The first-order valence-corrected chi connectivity index (χ1v) is 6.86. The minimum Gasteiger partial charge on any atom is -0.460 e. The lowest BCUT2D eigenvalue weighted by Gasteiger charge is -2.12. The van der Waals surface area contributed by atoms with Crippen molar-refractivity contribution < 1.29 is 19.1 Å². The van der Waals surface area contributed by atoms with Crippen molar-refractivity contribution in [3.63, 3.8) is 0 Å². The molecule has 1 aliphatic rings. The van der Waals surface area contributed by atoms with Crippen molar-refractivity contribution in [3.05, 3.63) is 48.0 Å². The predicted octanol–water partition coefficient (Wildman–Crippen LogP) is 1.58. The van der Waals surface area contributed by atoms with Crippen LogP contribution >= 0.6 is 0 Å². The van der Waals surface area contributed by atoms with Gasteiger partial charge in [-0.2, -0.15) is 0 Å². The van der Waals surface area contributed by atoms with Crippen LogP contribution < -0.4 is 5.32 Å². The number of carbonyl (C=O) groups is 2. The van der Waals surface area contributed by atoms with E-state index in [1.54, 1.807) is 6.92 Å². The molecule has 0 radical (unpaired) electrons. The van der Waals surface area contributed by atoms with Crippen LogP contribution in [-0.2, 0) is 25.7 Å². The van der Waals surface area contributed by atoms with Gasteiger partial charge in [-0.25, -0.2) is 4.79 Å². The van der Waals surface area contributed by atoms with Crippen LogP contribution in [0.4, 0.5) is 0 Å². The number of rotatable bonds is 5. The number of ether oxygens (including phenoxy) is 2. The van der Waals surface area contributed by atoms with Gasteiger partial charge >= 0.3 is 11.9 Å². The number of hydrogen-bond acceptors (Lipinski definition) is 5. The predicted molar refractivity (Wildman–Crippen MR) is 77.3 cm³/mol. The van der Waals surface area contributed by atoms with Crippen LogP contribution in [0, 0.1) is 0 Å². The van der Waals surface area contributed by atoms with Crippen LogP contribution in [0.15, 0.2) is 42.5 Å². The minimum absolute atomic E-state index is 0.244. The van der Waals surface area contributed by atoms with Crippen LogP contribution in [0.1, 0.15) is 18.9 Å². The molecule has 1 heterocycles. The molecule has 0 bridgehead atoms. The highest BCUT2D eigenvalue weighted by Crippen LogP contribution is 2.14. The Labute approximate surface area is 123 Å². The molecular formula is C16H19NO4. The quantitative estimate of drug-likeness (QED) is 0.658. The van der Waals surface area contributed by atoms with Crippen molar-refractivity contribution in [3.8, 4) is 0 Å². The summed E-state index contributed by atoms with van der Waals surface area (Å²) in [5.41, 5.74) is 1.29. The maximum absolute atomic E-state index is 11.9. The summed E-state index contributed by atoms with van der Waals surface area (Å²) in [6.07, 6.45) is 0.107. The molecule has 2 rings (SSSR count). The van der Waals surface area contributed by atoms with Gasteiger partial charge in [0.1, 0.15) is 18.8 Å². The van der Waals surface area contributed by atoms with E-state index in [2.05, 4.69) is 11.9 Å².